The molecule has 1 saturated carbocycles. The third kappa shape index (κ3) is 4.47. The Labute approximate surface area is 130 Å². The summed E-state index contributed by atoms with van der Waals surface area (Å²) in [7, 11) is 1.99. The molecule has 1 N–H and O–H groups in total. The monoisotopic (exact) mass is 289 g/mol. The van der Waals surface area contributed by atoms with E-state index in [0.29, 0.717) is 0 Å². The molecule has 0 radical (unpaired) electrons. The van der Waals surface area contributed by atoms with E-state index in [1.165, 1.54) is 43.2 Å². The second-order valence-electron chi connectivity index (χ2n) is 7.39. The van der Waals surface area contributed by atoms with E-state index >= 15 is 0 Å². The smallest absolute Gasteiger partial charge is 0.127 e. The molecule has 0 saturated heterocycles. The molecular formula is C19H31NO. The number of nitrogens with one attached hydrogen (secondary N) is 1. The van der Waals surface area contributed by atoms with Crippen molar-refractivity contribution >= 4 is 0 Å². The Bertz CT molecular complexity index is 441. The predicted molar refractivity (Wildman–Crippen MR) is 90.0 cm³/mol. The number of rotatable bonds is 5. The fourth-order valence-corrected chi connectivity index (χ4v) is 3.23. The molecule has 1 aromatic carbocycles. The van der Waals surface area contributed by atoms with Crippen LogP contribution in [0.15, 0.2) is 18.2 Å². The van der Waals surface area contributed by atoms with Crippen molar-refractivity contribution in [2.24, 2.45) is 5.92 Å². The lowest BCUT2D eigenvalue weighted by atomic mass is 9.85. The van der Waals surface area contributed by atoms with Crippen LogP contribution in [0.3, 0.4) is 0 Å². The molecule has 1 aliphatic rings. The molecule has 1 fully saturated rings. The second-order valence-corrected chi connectivity index (χ2v) is 7.39. The zero-order valence-corrected chi connectivity index (χ0v) is 14.2. The molecule has 21 heavy (non-hydrogen) atoms. The van der Waals surface area contributed by atoms with E-state index in [9.17, 15) is 0 Å². The van der Waals surface area contributed by atoms with Crippen molar-refractivity contribution in [3.8, 4) is 5.75 Å². The molecule has 2 rings (SSSR count). The lowest BCUT2D eigenvalue weighted by Gasteiger charge is -2.27. The number of hydrogen-bond donors (Lipinski definition) is 1. The summed E-state index contributed by atoms with van der Waals surface area (Å²) >= 11 is 0. The van der Waals surface area contributed by atoms with Gasteiger partial charge in [0.25, 0.3) is 0 Å². The van der Waals surface area contributed by atoms with Gasteiger partial charge in [0.2, 0.25) is 0 Å². The standard InChI is InChI=1S/C19H31NO/c1-19(2,3)17-12-8-11-16(13-20-4)18(17)21-14-15-9-6-5-7-10-15/h8,11-12,15,20H,5-7,9-10,13-14H2,1-4H3. The molecule has 0 atom stereocenters. The minimum absolute atomic E-state index is 0.117. The molecule has 0 amide bonds. The minimum atomic E-state index is 0.117. The second kappa shape index (κ2) is 7.31. The van der Waals surface area contributed by atoms with Crippen LogP contribution in [-0.4, -0.2) is 13.7 Å². The van der Waals surface area contributed by atoms with Crippen LogP contribution in [0.25, 0.3) is 0 Å². The molecule has 1 aromatic rings. The van der Waals surface area contributed by atoms with Crippen LogP contribution >= 0.6 is 0 Å². The maximum absolute atomic E-state index is 6.35. The normalized spacial score (nSPS) is 17.0. The van der Waals surface area contributed by atoms with Gasteiger partial charge in [-0.05, 0) is 36.8 Å². The summed E-state index contributed by atoms with van der Waals surface area (Å²) in [6, 6.07) is 6.55. The Kier molecular flexibility index (Phi) is 5.69. The zero-order valence-electron chi connectivity index (χ0n) is 14.2. The Morgan fingerprint density at radius 2 is 1.86 bits per heavy atom. The van der Waals surface area contributed by atoms with Crippen molar-refractivity contribution in [2.75, 3.05) is 13.7 Å². The van der Waals surface area contributed by atoms with Crippen LogP contribution in [0, 0.1) is 5.92 Å². The molecule has 118 valence electrons. The number of benzene rings is 1. The van der Waals surface area contributed by atoms with E-state index in [1.54, 1.807) is 0 Å². The highest BCUT2D eigenvalue weighted by atomic mass is 16.5. The molecule has 0 aliphatic heterocycles. The molecule has 2 heteroatoms. The first-order chi connectivity index (χ1) is 10.0. The van der Waals surface area contributed by atoms with E-state index in [0.717, 1.165) is 24.8 Å². The van der Waals surface area contributed by atoms with Crippen molar-refractivity contribution in [3.05, 3.63) is 29.3 Å². The summed E-state index contributed by atoms with van der Waals surface area (Å²) < 4.78 is 6.35. The number of para-hydroxylation sites is 1. The Morgan fingerprint density at radius 3 is 2.48 bits per heavy atom. The van der Waals surface area contributed by atoms with Crippen molar-refractivity contribution in [1.29, 1.82) is 0 Å². The molecule has 0 unspecified atom stereocenters. The largest absolute Gasteiger partial charge is 0.493 e. The zero-order chi connectivity index (χ0) is 15.3. The maximum Gasteiger partial charge on any atom is 0.127 e. The van der Waals surface area contributed by atoms with Gasteiger partial charge in [-0.15, -0.1) is 0 Å². The van der Waals surface area contributed by atoms with Crippen molar-refractivity contribution < 1.29 is 4.74 Å². The fourth-order valence-electron chi connectivity index (χ4n) is 3.23. The van der Waals surface area contributed by atoms with Crippen LogP contribution in [0.5, 0.6) is 5.75 Å². The van der Waals surface area contributed by atoms with Gasteiger partial charge in [0.05, 0.1) is 6.61 Å². The fraction of sp³-hybridized carbons (Fsp3) is 0.684. The van der Waals surface area contributed by atoms with Gasteiger partial charge in [0.15, 0.2) is 0 Å². The van der Waals surface area contributed by atoms with Gasteiger partial charge < -0.3 is 10.1 Å². The van der Waals surface area contributed by atoms with Crippen LogP contribution in [-0.2, 0) is 12.0 Å². The molecular weight excluding hydrogens is 258 g/mol. The van der Waals surface area contributed by atoms with Crippen LogP contribution in [0.2, 0.25) is 0 Å². The third-order valence-electron chi connectivity index (χ3n) is 4.46. The van der Waals surface area contributed by atoms with Crippen molar-refractivity contribution in [2.45, 2.75) is 64.8 Å². The number of hydrogen-bond acceptors (Lipinski definition) is 2. The van der Waals surface area contributed by atoms with E-state index in [1.807, 2.05) is 7.05 Å². The molecule has 0 bridgehead atoms. The highest BCUT2D eigenvalue weighted by Crippen LogP contribution is 2.35. The van der Waals surface area contributed by atoms with E-state index in [4.69, 9.17) is 4.74 Å². The maximum atomic E-state index is 6.35. The van der Waals surface area contributed by atoms with Crippen molar-refractivity contribution in [1.82, 2.24) is 5.32 Å². The lowest BCUT2D eigenvalue weighted by molar-refractivity contribution is 0.204. The average Bonchev–Trinajstić information content (AvgIpc) is 2.46. The first-order valence-electron chi connectivity index (χ1n) is 8.42. The summed E-state index contributed by atoms with van der Waals surface area (Å²) in [5.41, 5.74) is 2.72. The van der Waals surface area contributed by atoms with E-state index in [2.05, 4.69) is 44.3 Å². The van der Waals surface area contributed by atoms with Gasteiger partial charge in [-0.1, -0.05) is 58.2 Å². The van der Waals surface area contributed by atoms with Crippen LogP contribution in [0.4, 0.5) is 0 Å². The Hall–Kier alpha value is -1.02. The highest BCUT2D eigenvalue weighted by Gasteiger charge is 2.22. The summed E-state index contributed by atoms with van der Waals surface area (Å²) in [4.78, 5) is 0. The molecule has 0 aromatic heterocycles. The summed E-state index contributed by atoms with van der Waals surface area (Å²) in [6.45, 7) is 8.53. The lowest BCUT2D eigenvalue weighted by Crippen LogP contribution is -2.20. The minimum Gasteiger partial charge on any atom is -0.493 e. The Morgan fingerprint density at radius 1 is 1.14 bits per heavy atom. The number of ether oxygens (including phenoxy) is 1. The summed E-state index contributed by atoms with van der Waals surface area (Å²) in [5.74, 6) is 1.86. The average molecular weight is 289 g/mol. The summed E-state index contributed by atoms with van der Waals surface area (Å²) in [6.07, 6.45) is 6.81. The predicted octanol–water partition coefficient (Wildman–Crippen LogP) is 4.66. The van der Waals surface area contributed by atoms with Gasteiger partial charge in [0, 0.05) is 12.1 Å². The van der Waals surface area contributed by atoms with Gasteiger partial charge in [-0.25, -0.2) is 0 Å². The van der Waals surface area contributed by atoms with Gasteiger partial charge in [-0.3, -0.25) is 0 Å². The molecule has 1 aliphatic carbocycles. The topological polar surface area (TPSA) is 21.3 Å². The quantitative estimate of drug-likeness (QED) is 0.851. The molecule has 2 nitrogen and oxygen atoms in total. The van der Waals surface area contributed by atoms with E-state index < -0.39 is 0 Å². The third-order valence-corrected chi connectivity index (χ3v) is 4.46. The molecule has 0 spiro atoms. The van der Waals surface area contributed by atoms with Crippen molar-refractivity contribution in [3.63, 3.8) is 0 Å². The SMILES string of the molecule is CNCc1cccc(C(C)(C)C)c1OCC1CCCCC1. The highest BCUT2D eigenvalue weighted by molar-refractivity contribution is 5.45. The molecule has 0 heterocycles. The Balaban J connectivity index is 2.17. The first-order valence-corrected chi connectivity index (χ1v) is 8.42. The van der Waals surface area contributed by atoms with Gasteiger partial charge in [-0.2, -0.15) is 0 Å². The van der Waals surface area contributed by atoms with Gasteiger partial charge >= 0.3 is 0 Å². The summed E-state index contributed by atoms with van der Waals surface area (Å²) in [5, 5.41) is 3.26. The van der Waals surface area contributed by atoms with E-state index in [-0.39, 0.29) is 5.41 Å². The van der Waals surface area contributed by atoms with Crippen LogP contribution in [0.1, 0.15) is 64.0 Å². The first kappa shape index (κ1) is 16.4. The van der Waals surface area contributed by atoms with Gasteiger partial charge in [0.1, 0.15) is 5.75 Å². The van der Waals surface area contributed by atoms with Crippen LogP contribution < -0.4 is 10.1 Å².